The Morgan fingerprint density at radius 1 is 0.971 bits per heavy atom. The first-order chi connectivity index (χ1) is 16.9. The molecule has 1 aliphatic heterocycles. The number of aromatic carboxylic acids is 1. The predicted octanol–water partition coefficient (Wildman–Crippen LogP) is 3.90. The van der Waals surface area contributed by atoms with Gasteiger partial charge in [-0.3, -0.25) is 14.5 Å². The summed E-state index contributed by atoms with van der Waals surface area (Å²) >= 11 is 0. The van der Waals surface area contributed by atoms with Gasteiger partial charge in [0.05, 0.1) is 35.3 Å². The molecule has 174 valence electrons. The number of nitrogens with one attached hydrogen (secondary N) is 1. The first-order valence-corrected chi connectivity index (χ1v) is 10.6. The lowest BCUT2D eigenvalue weighted by molar-refractivity contribution is -0.132. The van der Waals surface area contributed by atoms with Gasteiger partial charge < -0.3 is 19.9 Å². The molecule has 1 fully saturated rings. The lowest BCUT2D eigenvalue weighted by Crippen LogP contribution is -2.30. The molecular formula is C26H19N3O6. The molecule has 1 amide bonds. The van der Waals surface area contributed by atoms with Gasteiger partial charge in [0.25, 0.3) is 5.78 Å². The van der Waals surface area contributed by atoms with E-state index in [0.717, 1.165) is 0 Å². The zero-order chi connectivity index (χ0) is 24.7. The molecule has 1 aromatic heterocycles. The number of carboxylic acids is 1. The number of hydrogen-bond donors (Lipinski definition) is 3. The third-order valence-electron chi connectivity index (χ3n) is 5.87. The van der Waals surface area contributed by atoms with Crippen LogP contribution in [0.15, 0.2) is 78.4 Å². The molecule has 0 radical (unpaired) electrons. The molecule has 9 nitrogen and oxygen atoms in total. The number of aromatic amines is 1. The van der Waals surface area contributed by atoms with E-state index in [1.807, 2.05) is 0 Å². The van der Waals surface area contributed by atoms with Crippen molar-refractivity contribution in [3.63, 3.8) is 0 Å². The van der Waals surface area contributed by atoms with E-state index in [1.54, 1.807) is 54.6 Å². The highest BCUT2D eigenvalue weighted by Crippen LogP contribution is 2.42. The van der Waals surface area contributed by atoms with Gasteiger partial charge in [-0.2, -0.15) is 0 Å². The zero-order valence-electron chi connectivity index (χ0n) is 18.4. The monoisotopic (exact) mass is 469 g/mol. The summed E-state index contributed by atoms with van der Waals surface area (Å²) in [4.78, 5) is 46.4. The summed E-state index contributed by atoms with van der Waals surface area (Å²) in [5.41, 5.74) is 1.71. The third-order valence-corrected chi connectivity index (χ3v) is 5.87. The van der Waals surface area contributed by atoms with Crippen LogP contribution in [0.25, 0.3) is 16.8 Å². The lowest BCUT2D eigenvalue weighted by Gasteiger charge is -2.23. The van der Waals surface area contributed by atoms with Crippen molar-refractivity contribution in [2.45, 2.75) is 6.04 Å². The normalized spacial score (nSPS) is 17.2. The van der Waals surface area contributed by atoms with Gasteiger partial charge in [-0.05, 0) is 35.9 Å². The SMILES string of the molecule is COc1ccc(C2/C(=C(\O)c3ccccc3)C(=O)C(=O)N2c2nc3ccc(C(=O)O)cc3[nH]2)cc1. The van der Waals surface area contributed by atoms with Crippen molar-refractivity contribution in [1.82, 2.24) is 9.97 Å². The van der Waals surface area contributed by atoms with Crippen molar-refractivity contribution in [1.29, 1.82) is 0 Å². The number of aliphatic hydroxyl groups is 1. The topological polar surface area (TPSA) is 133 Å². The number of aromatic nitrogens is 2. The highest BCUT2D eigenvalue weighted by Gasteiger charge is 2.48. The minimum Gasteiger partial charge on any atom is -0.507 e. The van der Waals surface area contributed by atoms with Crippen LogP contribution in [0.2, 0.25) is 0 Å². The van der Waals surface area contributed by atoms with Gasteiger partial charge in [0, 0.05) is 5.56 Å². The number of anilines is 1. The van der Waals surface area contributed by atoms with Gasteiger partial charge in [-0.15, -0.1) is 0 Å². The number of H-pyrrole nitrogens is 1. The number of rotatable bonds is 5. The molecule has 0 aliphatic carbocycles. The van der Waals surface area contributed by atoms with Crippen LogP contribution in [0, 0.1) is 0 Å². The summed E-state index contributed by atoms with van der Waals surface area (Å²) in [7, 11) is 1.52. The molecule has 0 bridgehead atoms. The smallest absolute Gasteiger partial charge is 0.335 e. The first kappa shape index (κ1) is 21.9. The van der Waals surface area contributed by atoms with Crippen LogP contribution < -0.4 is 9.64 Å². The van der Waals surface area contributed by atoms with E-state index in [2.05, 4.69) is 9.97 Å². The highest BCUT2D eigenvalue weighted by atomic mass is 16.5. The van der Waals surface area contributed by atoms with E-state index in [-0.39, 0.29) is 22.8 Å². The Labute approximate surface area is 198 Å². The van der Waals surface area contributed by atoms with E-state index >= 15 is 0 Å². The van der Waals surface area contributed by atoms with Crippen molar-refractivity contribution in [3.8, 4) is 5.75 Å². The number of hydrogen-bond acceptors (Lipinski definition) is 6. The largest absolute Gasteiger partial charge is 0.507 e. The van der Waals surface area contributed by atoms with Gasteiger partial charge in [0.2, 0.25) is 5.95 Å². The number of carbonyl (C=O) groups is 3. The second kappa shape index (κ2) is 8.45. The average Bonchev–Trinajstić information content (AvgIpc) is 3.41. The second-order valence-corrected chi connectivity index (χ2v) is 7.91. The predicted molar refractivity (Wildman–Crippen MR) is 127 cm³/mol. The van der Waals surface area contributed by atoms with E-state index in [1.165, 1.54) is 30.2 Å². The molecule has 1 saturated heterocycles. The van der Waals surface area contributed by atoms with Crippen LogP contribution in [0.3, 0.4) is 0 Å². The Morgan fingerprint density at radius 3 is 2.34 bits per heavy atom. The minimum absolute atomic E-state index is 0.0468. The molecule has 1 atom stereocenters. The summed E-state index contributed by atoms with van der Waals surface area (Å²) in [5, 5.41) is 20.4. The second-order valence-electron chi connectivity index (χ2n) is 7.91. The number of methoxy groups -OCH3 is 1. The van der Waals surface area contributed by atoms with Gasteiger partial charge in [-0.25, -0.2) is 9.78 Å². The van der Waals surface area contributed by atoms with Crippen LogP contribution in [0.4, 0.5) is 5.95 Å². The van der Waals surface area contributed by atoms with E-state index < -0.39 is 23.7 Å². The number of fused-ring (bicyclic) bond motifs is 1. The number of benzene rings is 3. The Balaban J connectivity index is 1.71. The Hall–Kier alpha value is -4.92. The summed E-state index contributed by atoms with van der Waals surface area (Å²) in [6, 6.07) is 18.6. The zero-order valence-corrected chi connectivity index (χ0v) is 18.4. The number of nitrogens with zero attached hydrogens (tertiary/aromatic N) is 2. The number of carboxylic acid groups (broad SMARTS) is 1. The van der Waals surface area contributed by atoms with Crippen LogP contribution in [-0.2, 0) is 9.59 Å². The maximum atomic E-state index is 13.3. The van der Waals surface area contributed by atoms with Gasteiger partial charge >= 0.3 is 11.9 Å². The summed E-state index contributed by atoms with van der Waals surface area (Å²) < 4.78 is 5.22. The molecule has 1 aliphatic rings. The summed E-state index contributed by atoms with van der Waals surface area (Å²) in [6.45, 7) is 0. The first-order valence-electron chi connectivity index (χ1n) is 10.6. The van der Waals surface area contributed by atoms with E-state index in [0.29, 0.717) is 27.9 Å². The number of amides is 1. The Kier molecular flexibility index (Phi) is 5.29. The molecule has 0 saturated carbocycles. The van der Waals surface area contributed by atoms with Crippen molar-refractivity contribution in [2.24, 2.45) is 0 Å². The molecule has 1 unspecified atom stereocenters. The molecule has 3 N–H and O–H groups in total. The van der Waals surface area contributed by atoms with Gasteiger partial charge in [0.1, 0.15) is 11.5 Å². The number of Topliss-reactive ketones (excluding diaryl/α,β-unsaturated/α-hetero) is 1. The fourth-order valence-corrected chi connectivity index (χ4v) is 4.15. The molecule has 2 heterocycles. The molecule has 0 spiro atoms. The van der Waals surface area contributed by atoms with Gasteiger partial charge in [0.15, 0.2) is 0 Å². The average molecular weight is 469 g/mol. The van der Waals surface area contributed by atoms with Crippen LogP contribution in [0.5, 0.6) is 5.75 Å². The van der Waals surface area contributed by atoms with Crippen molar-refractivity contribution < 1.29 is 29.3 Å². The van der Waals surface area contributed by atoms with Gasteiger partial charge in [-0.1, -0.05) is 42.5 Å². The highest BCUT2D eigenvalue weighted by molar-refractivity contribution is 6.51. The Bertz CT molecular complexity index is 1510. The number of ketones is 1. The van der Waals surface area contributed by atoms with Crippen molar-refractivity contribution in [2.75, 3.05) is 12.0 Å². The fourth-order valence-electron chi connectivity index (χ4n) is 4.15. The van der Waals surface area contributed by atoms with E-state index in [4.69, 9.17) is 4.74 Å². The molecule has 35 heavy (non-hydrogen) atoms. The minimum atomic E-state index is -1.11. The summed E-state index contributed by atoms with van der Waals surface area (Å²) in [5.74, 6) is -2.52. The number of carbonyl (C=O) groups excluding carboxylic acids is 2. The number of imidazole rings is 1. The maximum absolute atomic E-state index is 13.3. The fraction of sp³-hybridized carbons (Fsp3) is 0.0769. The van der Waals surface area contributed by atoms with E-state index in [9.17, 15) is 24.6 Å². The Morgan fingerprint density at radius 2 is 1.69 bits per heavy atom. The molecule has 9 heteroatoms. The standard InChI is InChI=1S/C26H19N3O6/c1-35-17-10-7-14(8-11-17)21-20(22(30)15-5-3-2-4-6-15)23(31)24(32)29(21)26-27-18-12-9-16(25(33)34)13-19(18)28-26/h2-13,21,30H,1H3,(H,27,28)(H,33,34)/b22-20+. The molecule has 4 aromatic rings. The van der Waals surface area contributed by atoms with Crippen molar-refractivity contribution >= 4 is 40.4 Å². The van der Waals surface area contributed by atoms with Crippen molar-refractivity contribution in [3.05, 3.63) is 95.1 Å². The molecular weight excluding hydrogens is 450 g/mol. The van der Waals surface area contributed by atoms with Crippen LogP contribution in [-0.4, -0.2) is 45.0 Å². The molecule has 3 aromatic carbocycles. The number of aliphatic hydroxyl groups excluding tert-OH is 1. The maximum Gasteiger partial charge on any atom is 0.335 e. The lowest BCUT2D eigenvalue weighted by atomic mass is 9.95. The number of ether oxygens (including phenoxy) is 1. The van der Waals surface area contributed by atoms with Crippen LogP contribution >= 0.6 is 0 Å². The third kappa shape index (κ3) is 3.68. The molecule has 5 rings (SSSR count). The summed E-state index contributed by atoms with van der Waals surface area (Å²) in [6.07, 6.45) is 0. The quantitative estimate of drug-likeness (QED) is 0.229. The van der Waals surface area contributed by atoms with Crippen LogP contribution in [0.1, 0.15) is 27.5 Å².